The van der Waals surface area contributed by atoms with E-state index in [1.54, 1.807) is 0 Å². The van der Waals surface area contributed by atoms with Crippen molar-refractivity contribution in [2.45, 2.75) is 0 Å². The van der Waals surface area contributed by atoms with Gasteiger partial charge in [0.15, 0.2) is 0 Å². The summed E-state index contributed by atoms with van der Waals surface area (Å²) in [5.74, 6) is -0.358. The van der Waals surface area contributed by atoms with Crippen molar-refractivity contribution in [1.82, 2.24) is 0 Å². The Balaban J connectivity index is 2.68. The predicted octanol–water partition coefficient (Wildman–Crippen LogP) is 0.0912. The van der Waals surface area contributed by atoms with Gasteiger partial charge in [-0.3, -0.25) is 9.69 Å². The summed E-state index contributed by atoms with van der Waals surface area (Å²) in [4.78, 5) is 8.65. The van der Waals surface area contributed by atoms with E-state index in [-0.39, 0.29) is 5.82 Å². The molecule has 0 bridgehead atoms. The molecule has 0 fully saturated rings. The second kappa shape index (κ2) is 4.20. The molecular formula is C7H8BFO3. The molecule has 64 valence electrons. The minimum Gasteiger partial charge on any atom is -0.422 e. The van der Waals surface area contributed by atoms with Gasteiger partial charge in [0.25, 0.3) is 0 Å². The normalized spacial score (nSPS) is 9.92. The van der Waals surface area contributed by atoms with Crippen molar-refractivity contribution in [3.8, 4) is 0 Å². The lowest BCUT2D eigenvalue weighted by Crippen LogP contribution is -2.33. The largest absolute Gasteiger partial charge is 0.522 e. The first-order valence-corrected chi connectivity index (χ1v) is 3.37. The third-order valence-electron chi connectivity index (χ3n) is 1.34. The van der Waals surface area contributed by atoms with Crippen molar-refractivity contribution >= 4 is 12.6 Å². The molecule has 0 saturated heterocycles. The van der Waals surface area contributed by atoms with Gasteiger partial charge in [-0.1, -0.05) is 12.1 Å². The summed E-state index contributed by atoms with van der Waals surface area (Å²) in [7, 11) is 0.114. The Morgan fingerprint density at radius 2 is 1.92 bits per heavy atom. The Labute approximate surface area is 69.8 Å². The zero-order chi connectivity index (χ0) is 8.97. The summed E-state index contributed by atoms with van der Waals surface area (Å²) in [5.41, 5.74) is 0.443. The molecule has 1 N–H and O–H groups in total. The van der Waals surface area contributed by atoms with Crippen LogP contribution >= 0.6 is 0 Å². The van der Waals surface area contributed by atoms with Crippen LogP contribution in [0, 0.1) is 5.82 Å². The van der Waals surface area contributed by atoms with E-state index >= 15 is 0 Å². The summed E-state index contributed by atoms with van der Waals surface area (Å²) in [6, 6.07) is 5.30. The molecule has 1 aromatic rings. The second-order valence-electron chi connectivity index (χ2n) is 2.17. The predicted molar refractivity (Wildman–Crippen MR) is 42.1 cm³/mol. The van der Waals surface area contributed by atoms with Gasteiger partial charge < -0.3 is 5.02 Å². The highest BCUT2D eigenvalue weighted by Gasteiger charge is 2.16. The van der Waals surface area contributed by atoms with E-state index in [1.807, 2.05) is 0 Å². The molecular weight excluding hydrogens is 162 g/mol. The number of rotatable bonds is 3. The first-order chi connectivity index (χ1) is 5.74. The van der Waals surface area contributed by atoms with Gasteiger partial charge in [0, 0.05) is 0 Å². The van der Waals surface area contributed by atoms with Gasteiger partial charge in [-0.05, 0) is 17.6 Å². The third-order valence-corrected chi connectivity index (χ3v) is 1.34. The van der Waals surface area contributed by atoms with Crippen molar-refractivity contribution in [1.29, 1.82) is 0 Å². The molecule has 3 nitrogen and oxygen atoms in total. The molecule has 0 aromatic heterocycles. The molecule has 0 amide bonds. The van der Waals surface area contributed by atoms with Gasteiger partial charge >= 0.3 is 7.12 Å². The third kappa shape index (κ3) is 2.30. The van der Waals surface area contributed by atoms with Crippen molar-refractivity contribution in [2.75, 3.05) is 7.11 Å². The molecule has 0 heterocycles. The lowest BCUT2D eigenvalue weighted by molar-refractivity contribution is -0.193. The molecule has 5 heteroatoms. The van der Waals surface area contributed by atoms with E-state index in [1.165, 1.54) is 31.4 Å². The molecule has 0 aliphatic rings. The smallest absolute Gasteiger partial charge is 0.422 e. The summed E-state index contributed by atoms with van der Waals surface area (Å²) >= 11 is 0. The Morgan fingerprint density at radius 3 is 2.42 bits per heavy atom. The molecule has 0 spiro atoms. The first-order valence-electron chi connectivity index (χ1n) is 3.37. The van der Waals surface area contributed by atoms with Crippen LogP contribution in [0.15, 0.2) is 24.3 Å². The summed E-state index contributed by atoms with van der Waals surface area (Å²) in [6.45, 7) is 0. The van der Waals surface area contributed by atoms with Crippen LogP contribution in [0.2, 0.25) is 0 Å². The van der Waals surface area contributed by atoms with Gasteiger partial charge in [0.1, 0.15) is 5.82 Å². The quantitative estimate of drug-likeness (QED) is 0.397. The molecule has 0 radical (unpaired) electrons. The molecule has 1 rings (SSSR count). The summed E-state index contributed by atoms with van der Waals surface area (Å²) in [5, 5.41) is 9.14. The average molecular weight is 170 g/mol. The van der Waals surface area contributed by atoms with Crippen LogP contribution in [0.4, 0.5) is 4.39 Å². The zero-order valence-corrected chi connectivity index (χ0v) is 6.53. The van der Waals surface area contributed by atoms with E-state index in [0.717, 1.165) is 0 Å². The zero-order valence-electron chi connectivity index (χ0n) is 6.53. The van der Waals surface area contributed by atoms with Gasteiger partial charge in [-0.15, -0.1) is 0 Å². The highest BCUT2D eigenvalue weighted by Crippen LogP contribution is 1.94. The number of hydrogen-bond acceptors (Lipinski definition) is 3. The van der Waals surface area contributed by atoms with Crippen LogP contribution in [0.5, 0.6) is 0 Å². The average Bonchev–Trinajstić information content (AvgIpc) is 2.06. The van der Waals surface area contributed by atoms with Crippen LogP contribution in [-0.2, 0) is 9.69 Å². The van der Waals surface area contributed by atoms with Crippen molar-refractivity contribution in [3.05, 3.63) is 30.1 Å². The Morgan fingerprint density at radius 1 is 1.33 bits per heavy atom. The van der Waals surface area contributed by atoms with Gasteiger partial charge in [-0.2, -0.15) is 0 Å². The van der Waals surface area contributed by atoms with Crippen LogP contribution in [0.3, 0.4) is 0 Å². The number of halogens is 1. The van der Waals surface area contributed by atoms with E-state index in [4.69, 9.17) is 5.02 Å². The minimum atomic E-state index is -1.17. The van der Waals surface area contributed by atoms with E-state index in [2.05, 4.69) is 9.69 Å². The maximum Gasteiger partial charge on any atom is 0.522 e. The van der Waals surface area contributed by atoms with Crippen molar-refractivity contribution < 1.29 is 19.1 Å². The lowest BCUT2D eigenvalue weighted by Gasteiger charge is -2.03. The maximum atomic E-state index is 12.4. The summed E-state index contributed by atoms with van der Waals surface area (Å²) in [6.07, 6.45) is 0. The highest BCUT2D eigenvalue weighted by atomic mass is 19.1. The highest BCUT2D eigenvalue weighted by molar-refractivity contribution is 6.59. The maximum absolute atomic E-state index is 12.4. The lowest BCUT2D eigenvalue weighted by atomic mass is 9.80. The molecule has 0 aliphatic carbocycles. The second-order valence-corrected chi connectivity index (χ2v) is 2.17. The Bertz CT molecular complexity index is 239. The fourth-order valence-electron chi connectivity index (χ4n) is 0.774. The SMILES string of the molecule is COOB(O)c1ccc(F)cc1. The van der Waals surface area contributed by atoms with Crippen LogP contribution in [-0.4, -0.2) is 19.3 Å². The minimum absolute atomic E-state index is 0.358. The summed E-state index contributed by atoms with van der Waals surface area (Å²) < 4.78 is 12.4. The standard InChI is InChI=1S/C7H8BFO3/c1-11-12-8(10)6-2-4-7(9)5-3-6/h2-5,10H,1H3. The monoisotopic (exact) mass is 170 g/mol. The Hall–Kier alpha value is -0.905. The first kappa shape index (κ1) is 9.19. The van der Waals surface area contributed by atoms with Crippen molar-refractivity contribution in [2.24, 2.45) is 0 Å². The molecule has 0 saturated carbocycles. The molecule has 12 heavy (non-hydrogen) atoms. The van der Waals surface area contributed by atoms with Gasteiger partial charge in [-0.25, -0.2) is 4.39 Å². The Kier molecular flexibility index (Phi) is 3.22. The van der Waals surface area contributed by atoms with Gasteiger partial charge in [0.05, 0.1) is 7.11 Å². The molecule has 0 unspecified atom stereocenters. The van der Waals surface area contributed by atoms with E-state index in [0.29, 0.717) is 5.46 Å². The fraction of sp³-hybridized carbons (Fsp3) is 0.143. The molecule has 0 atom stereocenters. The van der Waals surface area contributed by atoms with Gasteiger partial charge in [0.2, 0.25) is 0 Å². The van der Waals surface area contributed by atoms with E-state index < -0.39 is 7.12 Å². The van der Waals surface area contributed by atoms with E-state index in [9.17, 15) is 4.39 Å². The molecule has 1 aromatic carbocycles. The van der Waals surface area contributed by atoms with Crippen LogP contribution in [0.25, 0.3) is 0 Å². The number of benzene rings is 1. The van der Waals surface area contributed by atoms with Crippen LogP contribution in [0.1, 0.15) is 0 Å². The molecule has 0 aliphatic heterocycles. The van der Waals surface area contributed by atoms with Crippen LogP contribution < -0.4 is 5.46 Å². The number of hydrogen-bond donors (Lipinski definition) is 1. The fourth-order valence-corrected chi connectivity index (χ4v) is 0.774. The van der Waals surface area contributed by atoms with Crippen molar-refractivity contribution in [3.63, 3.8) is 0 Å². The topological polar surface area (TPSA) is 38.7 Å².